The molecule has 0 aromatic carbocycles. The average Bonchev–Trinajstić information content (AvgIpc) is 3.04. The second-order valence-corrected chi connectivity index (χ2v) is 4.66. The number of terminal acetylenes is 1. The van der Waals surface area contributed by atoms with E-state index in [1.54, 1.807) is 12.5 Å². The van der Waals surface area contributed by atoms with Gasteiger partial charge in [-0.3, -0.25) is 0 Å². The van der Waals surface area contributed by atoms with Gasteiger partial charge in [0.05, 0.1) is 24.8 Å². The third-order valence-corrected chi connectivity index (χ3v) is 3.29. The fraction of sp³-hybridized carbons (Fsp3) is 0.385. The molecular weight excluding hydrogens is 226 g/mol. The van der Waals surface area contributed by atoms with Crippen LogP contribution in [-0.4, -0.2) is 19.1 Å². The molecule has 0 aliphatic heterocycles. The van der Waals surface area contributed by atoms with Crippen molar-refractivity contribution in [3.63, 3.8) is 0 Å². The molecule has 5 heteroatoms. The van der Waals surface area contributed by atoms with Gasteiger partial charge in [-0.05, 0) is 12.8 Å². The van der Waals surface area contributed by atoms with Gasteiger partial charge in [0.15, 0.2) is 0 Å². The molecule has 0 amide bonds. The Balaban J connectivity index is 2.14. The van der Waals surface area contributed by atoms with Gasteiger partial charge in [0.25, 0.3) is 0 Å². The Hall–Kier alpha value is -2.22. The van der Waals surface area contributed by atoms with E-state index in [0.29, 0.717) is 18.3 Å². The van der Waals surface area contributed by atoms with Crippen molar-refractivity contribution in [1.82, 2.24) is 19.1 Å². The Bertz CT molecular complexity index is 624. The molecule has 2 heterocycles. The van der Waals surface area contributed by atoms with E-state index in [-0.39, 0.29) is 0 Å². The van der Waals surface area contributed by atoms with E-state index in [9.17, 15) is 0 Å². The van der Waals surface area contributed by atoms with E-state index >= 15 is 0 Å². The average molecular weight is 241 g/mol. The fourth-order valence-corrected chi connectivity index (χ4v) is 2.17. The van der Waals surface area contributed by atoms with Gasteiger partial charge in [-0.25, -0.2) is 9.97 Å². The zero-order valence-electron chi connectivity index (χ0n) is 10.3. The van der Waals surface area contributed by atoms with Crippen LogP contribution in [-0.2, 0) is 13.6 Å². The third kappa shape index (κ3) is 1.58. The lowest BCUT2D eigenvalue weighted by molar-refractivity contribution is 0.762. The van der Waals surface area contributed by atoms with Crippen LogP contribution < -0.4 is 5.73 Å². The van der Waals surface area contributed by atoms with Crippen molar-refractivity contribution in [1.29, 1.82) is 0 Å². The van der Waals surface area contributed by atoms with Crippen LogP contribution in [0, 0.1) is 12.3 Å². The minimum atomic E-state index is 0.475. The number of imidazole rings is 2. The molecule has 0 saturated heterocycles. The van der Waals surface area contributed by atoms with Crippen LogP contribution in [0.15, 0.2) is 12.5 Å². The lowest BCUT2D eigenvalue weighted by Crippen LogP contribution is -2.05. The highest BCUT2D eigenvalue weighted by atomic mass is 15.2. The normalized spacial score (nSPS) is 14.7. The van der Waals surface area contributed by atoms with Crippen molar-refractivity contribution in [2.75, 3.05) is 5.73 Å². The van der Waals surface area contributed by atoms with Crippen molar-refractivity contribution in [3.8, 4) is 23.7 Å². The summed E-state index contributed by atoms with van der Waals surface area (Å²) in [5.41, 5.74) is 7.89. The number of nitrogens with zero attached hydrogens (tertiary/aromatic N) is 4. The molecule has 0 spiro atoms. The van der Waals surface area contributed by atoms with Crippen molar-refractivity contribution in [2.24, 2.45) is 7.05 Å². The molecule has 0 bridgehead atoms. The molecule has 1 aliphatic carbocycles. The molecule has 0 atom stereocenters. The monoisotopic (exact) mass is 241 g/mol. The molecule has 1 aliphatic rings. The second kappa shape index (κ2) is 3.91. The predicted octanol–water partition coefficient (Wildman–Crippen LogP) is 1.38. The van der Waals surface area contributed by atoms with Gasteiger partial charge in [0.1, 0.15) is 17.3 Å². The number of nitrogens with two attached hydrogens (primary N) is 1. The van der Waals surface area contributed by atoms with Crippen molar-refractivity contribution in [2.45, 2.75) is 25.3 Å². The Kier molecular flexibility index (Phi) is 2.37. The maximum absolute atomic E-state index is 6.18. The van der Waals surface area contributed by atoms with E-state index in [2.05, 4.69) is 15.9 Å². The standard InChI is InChI=1S/C13H15N5/c1-3-6-18-12(14)11(10-7-15-8-17(10)2)16-13(18)9-4-5-9/h1,7-9H,4-6,14H2,2H3. The summed E-state index contributed by atoms with van der Waals surface area (Å²) in [6.45, 7) is 0.475. The van der Waals surface area contributed by atoms with E-state index in [0.717, 1.165) is 17.2 Å². The summed E-state index contributed by atoms with van der Waals surface area (Å²) >= 11 is 0. The summed E-state index contributed by atoms with van der Waals surface area (Å²) in [6, 6.07) is 0. The van der Waals surface area contributed by atoms with Crippen LogP contribution >= 0.6 is 0 Å². The lowest BCUT2D eigenvalue weighted by atomic mass is 10.3. The SMILES string of the molecule is C#CCn1c(C2CC2)nc(-c2cncn2C)c1N. The van der Waals surface area contributed by atoms with Crippen LogP contribution in [0.5, 0.6) is 0 Å². The van der Waals surface area contributed by atoms with Gasteiger partial charge in [0, 0.05) is 13.0 Å². The Morgan fingerprint density at radius 3 is 2.89 bits per heavy atom. The van der Waals surface area contributed by atoms with Crippen molar-refractivity contribution < 1.29 is 0 Å². The molecule has 1 fully saturated rings. The molecule has 0 unspecified atom stereocenters. The summed E-state index contributed by atoms with van der Waals surface area (Å²) in [5.74, 6) is 4.81. The number of aryl methyl sites for hydroxylation is 1. The quantitative estimate of drug-likeness (QED) is 0.826. The molecule has 2 N–H and O–H groups in total. The zero-order chi connectivity index (χ0) is 12.7. The largest absolute Gasteiger partial charge is 0.383 e. The van der Waals surface area contributed by atoms with Gasteiger partial charge in [-0.1, -0.05) is 5.92 Å². The molecule has 0 radical (unpaired) electrons. The molecule has 2 aromatic heterocycles. The van der Waals surface area contributed by atoms with Crippen LogP contribution in [0.2, 0.25) is 0 Å². The topological polar surface area (TPSA) is 61.7 Å². The molecule has 1 saturated carbocycles. The number of aromatic nitrogens is 4. The first kappa shape index (κ1) is 10.9. The summed E-state index contributed by atoms with van der Waals surface area (Å²) in [4.78, 5) is 8.78. The summed E-state index contributed by atoms with van der Waals surface area (Å²) < 4.78 is 3.86. The second-order valence-electron chi connectivity index (χ2n) is 4.66. The lowest BCUT2D eigenvalue weighted by Gasteiger charge is -2.04. The van der Waals surface area contributed by atoms with Gasteiger partial charge in [-0.2, -0.15) is 0 Å². The first-order valence-corrected chi connectivity index (χ1v) is 5.98. The Labute approximate surface area is 106 Å². The Morgan fingerprint density at radius 2 is 2.33 bits per heavy atom. The van der Waals surface area contributed by atoms with E-state index in [1.165, 1.54) is 12.8 Å². The van der Waals surface area contributed by atoms with Crippen LogP contribution in [0.25, 0.3) is 11.4 Å². The van der Waals surface area contributed by atoms with Gasteiger partial charge in [-0.15, -0.1) is 6.42 Å². The number of hydrogen-bond donors (Lipinski definition) is 1. The van der Waals surface area contributed by atoms with Crippen LogP contribution in [0.4, 0.5) is 5.82 Å². The van der Waals surface area contributed by atoms with E-state index in [4.69, 9.17) is 12.2 Å². The highest BCUT2D eigenvalue weighted by molar-refractivity contribution is 5.68. The summed E-state index contributed by atoms with van der Waals surface area (Å²) in [5, 5.41) is 0. The summed E-state index contributed by atoms with van der Waals surface area (Å²) in [7, 11) is 1.93. The summed E-state index contributed by atoms with van der Waals surface area (Å²) in [6.07, 6.45) is 11.3. The van der Waals surface area contributed by atoms with Crippen LogP contribution in [0.3, 0.4) is 0 Å². The van der Waals surface area contributed by atoms with Gasteiger partial charge >= 0.3 is 0 Å². The first-order valence-electron chi connectivity index (χ1n) is 5.98. The smallest absolute Gasteiger partial charge is 0.134 e. The number of anilines is 1. The highest BCUT2D eigenvalue weighted by Crippen LogP contribution is 2.42. The minimum Gasteiger partial charge on any atom is -0.383 e. The predicted molar refractivity (Wildman–Crippen MR) is 69.6 cm³/mol. The minimum absolute atomic E-state index is 0.475. The van der Waals surface area contributed by atoms with E-state index < -0.39 is 0 Å². The molecule has 92 valence electrons. The zero-order valence-corrected chi connectivity index (χ0v) is 10.3. The third-order valence-electron chi connectivity index (χ3n) is 3.29. The molecule has 5 nitrogen and oxygen atoms in total. The molecule has 2 aromatic rings. The van der Waals surface area contributed by atoms with Crippen molar-refractivity contribution in [3.05, 3.63) is 18.3 Å². The number of hydrogen-bond acceptors (Lipinski definition) is 3. The molecule has 18 heavy (non-hydrogen) atoms. The number of nitrogen functional groups attached to an aromatic ring is 1. The van der Waals surface area contributed by atoms with Crippen molar-refractivity contribution >= 4 is 5.82 Å². The van der Waals surface area contributed by atoms with Gasteiger partial charge in [0.2, 0.25) is 0 Å². The fourth-order valence-electron chi connectivity index (χ4n) is 2.17. The molecular formula is C13H15N5. The van der Waals surface area contributed by atoms with Gasteiger partial charge < -0.3 is 14.9 Å². The number of rotatable bonds is 3. The molecule has 3 rings (SSSR count). The Morgan fingerprint density at radius 1 is 1.56 bits per heavy atom. The highest BCUT2D eigenvalue weighted by Gasteiger charge is 2.31. The first-order chi connectivity index (χ1) is 8.72. The van der Waals surface area contributed by atoms with Crippen LogP contribution in [0.1, 0.15) is 24.6 Å². The maximum atomic E-state index is 6.18. The van der Waals surface area contributed by atoms with E-state index in [1.807, 2.05) is 16.2 Å². The maximum Gasteiger partial charge on any atom is 0.134 e.